The van der Waals surface area contributed by atoms with Crippen LogP contribution in [0.3, 0.4) is 0 Å². The Morgan fingerprint density at radius 2 is 2.22 bits per heavy atom. The molecule has 6 heteroatoms. The Bertz CT molecular complexity index is 580. The number of hydrogen-bond acceptors (Lipinski definition) is 3. The first kappa shape index (κ1) is 17.8. The Hall–Kier alpha value is -1.56. The monoisotopic (exact) mass is 338 g/mol. The molecule has 2 rings (SSSR count). The molecule has 0 spiro atoms. The van der Waals surface area contributed by atoms with E-state index in [4.69, 9.17) is 0 Å². The van der Waals surface area contributed by atoms with Crippen molar-refractivity contribution in [3.8, 4) is 0 Å². The number of rotatable bonds is 7. The van der Waals surface area contributed by atoms with Gasteiger partial charge in [0, 0.05) is 25.3 Å². The van der Waals surface area contributed by atoms with Crippen molar-refractivity contribution in [2.24, 2.45) is 0 Å². The first-order valence-electron chi connectivity index (χ1n) is 7.90. The second-order valence-corrected chi connectivity index (χ2v) is 6.54. The third kappa shape index (κ3) is 4.47. The second kappa shape index (κ2) is 8.34. The van der Waals surface area contributed by atoms with Crippen LogP contribution >= 0.6 is 11.8 Å². The van der Waals surface area contributed by atoms with Crippen molar-refractivity contribution in [1.82, 2.24) is 10.2 Å². The van der Waals surface area contributed by atoms with Crippen LogP contribution in [-0.4, -0.2) is 35.6 Å². The molecule has 4 nitrogen and oxygen atoms in total. The number of nitrogens with one attached hydrogen (secondary N) is 1. The molecule has 1 fully saturated rings. The Balaban J connectivity index is 2.01. The van der Waals surface area contributed by atoms with Crippen molar-refractivity contribution in [2.45, 2.75) is 44.5 Å². The van der Waals surface area contributed by atoms with Crippen LogP contribution in [0.5, 0.6) is 0 Å². The summed E-state index contributed by atoms with van der Waals surface area (Å²) in [7, 11) is 0. The van der Waals surface area contributed by atoms with Crippen molar-refractivity contribution in [1.29, 1.82) is 0 Å². The van der Waals surface area contributed by atoms with Gasteiger partial charge in [-0.15, -0.1) is 0 Å². The largest absolute Gasteiger partial charge is 0.350 e. The van der Waals surface area contributed by atoms with Crippen LogP contribution in [0.2, 0.25) is 0 Å². The van der Waals surface area contributed by atoms with E-state index in [0.29, 0.717) is 31.7 Å². The molecule has 126 valence electrons. The number of amides is 2. The maximum atomic E-state index is 13.4. The standard InChI is InChI=1S/C17H23FN2O2S/c1-3-15(20-8-4-5-16(20)21)17(22)19-10-12-6-7-14(18)9-13(12)11-23-2/h6-7,9,15H,3-5,8,10-11H2,1-2H3,(H,19,22). The summed E-state index contributed by atoms with van der Waals surface area (Å²) in [5, 5.41) is 2.90. The fourth-order valence-electron chi connectivity index (χ4n) is 2.90. The van der Waals surface area contributed by atoms with Gasteiger partial charge in [-0.2, -0.15) is 11.8 Å². The molecule has 1 aromatic rings. The Labute approximate surface area is 140 Å². The van der Waals surface area contributed by atoms with E-state index in [-0.39, 0.29) is 17.6 Å². The number of carbonyl (C=O) groups excluding carboxylic acids is 2. The quantitative estimate of drug-likeness (QED) is 0.832. The highest BCUT2D eigenvalue weighted by Crippen LogP contribution is 2.18. The number of halogens is 1. The lowest BCUT2D eigenvalue weighted by Gasteiger charge is -2.26. The third-order valence-electron chi connectivity index (χ3n) is 4.10. The van der Waals surface area contributed by atoms with Crippen molar-refractivity contribution >= 4 is 23.6 Å². The van der Waals surface area contributed by atoms with Crippen LogP contribution in [0.1, 0.15) is 37.3 Å². The van der Waals surface area contributed by atoms with E-state index in [1.807, 2.05) is 13.2 Å². The van der Waals surface area contributed by atoms with Gasteiger partial charge in [0.05, 0.1) is 0 Å². The molecule has 1 atom stereocenters. The molecular weight excluding hydrogens is 315 g/mol. The zero-order valence-corrected chi connectivity index (χ0v) is 14.4. The number of nitrogens with zero attached hydrogens (tertiary/aromatic N) is 1. The molecule has 2 amide bonds. The molecule has 1 aliphatic heterocycles. The van der Waals surface area contributed by atoms with Gasteiger partial charge in [-0.25, -0.2) is 4.39 Å². The van der Waals surface area contributed by atoms with Crippen molar-refractivity contribution in [3.63, 3.8) is 0 Å². The lowest BCUT2D eigenvalue weighted by molar-refractivity contribution is -0.137. The summed E-state index contributed by atoms with van der Waals surface area (Å²) in [6.45, 7) is 2.92. The third-order valence-corrected chi connectivity index (χ3v) is 4.70. The predicted octanol–water partition coefficient (Wildman–Crippen LogP) is 2.71. The summed E-state index contributed by atoms with van der Waals surface area (Å²) < 4.78 is 13.4. The minimum absolute atomic E-state index is 0.0526. The van der Waals surface area contributed by atoms with E-state index in [1.165, 1.54) is 12.1 Å². The molecule has 0 aromatic heterocycles. The summed E-state index contributed by atoms with van der Waals surface area (Å²) in [6, 6.07) is 4.23. The first-order chi connectivity index (χ1) is 11.1. The summed E-state index contributed by atoms with van der Waals surface area (Å²) in [5.41, 5.74) is 1.81. The number of likely N-dealkylation sites (tertiary alicyclic amines) is 1. The molecule has 1 N–H and O–H groups in total. The Morgan fingerprint density at radius 3 is 2.83 bits per heavy atom. The van der Waals surface area contributed by atoms with Crippen LogP contribution in [-0.2, 0) is 21.9 Å². The summed E-state index contributed by atoms with van der Waals surface area (Å²) >= 11 is 1.61. The van der Waals surface area contributed by atoms with E-state index in [2.05, 4.69) is 5.32 Å². The fraction of sp³-hybridized carbons (Fsp3) is 0.529. The lowest BCUT2D eigenvalue weighted by Crippen LogP contribution is -2.47. The lowest BCUT2D eigenvalue weighted by atomic mass is 10.1. The van der Waals surface area contributed by atoms with Crippen LogP contribution < -0.4 is 5.32 Å². The smallest absolute Gasteiger partial charge is 0.243 e. The van der Waals surface area contributed by atoms with Gasteiger partial charge in [0.1, 0.15) is 11.9 Å². The number of benzene rings is 1. The van der Waals surface area contributed by atoms with Crippen molar-refractivity contribution in [2.75, 3.05) is 12.8 Å². The Kier molecular flexibility index (Phi) is 6.45. The number of carbonyl (C=O) groups is 2. The molecule has 1 saturated heterocycles. The normalized spacial score (nSPS) is 15.8. The summed E-state index contributed by atoms with van der Waals surface area (Å²) in [4.78, 5) is 25.9. The van der Waals surface area contributed by atoms with Crippen LogP contribution in [0.25, 0.3) is 0 Å². The van der Waals surface area contributed by atoms with Gasteiger partial charge in [0.15, 0.2) is 0 Å². The van der Waals surface area contributed by atoms with Crippen LogP contribution in [0.15, 0.2) is 18.2 Å². The van der Waals surface area contributed by atoms with Gasteiger partial charge in [-0.1, -0.05) is 13.0 Å². The highest BCUT2D eigenvalue weighted by Gasteiger charge is 2.31. The summed E-state index contributed by atoms with van der Waals surface area (Å²) in [6.07, 6.45) is 3.90. The highest BCUT2D eigenvalue weighted by molar-refractivity contribution is 7.97. The fourth-order valence-corrected chi connectivity index (χ4v) is 3.48. The van der Waals surface area contributed by atoms with Gasteiger partial charge in [0.2, 0.25) is 11.8 Å². The van der Waals surface area contributed by atoms with Crippen molar-refractivity contribution in [3.05, 3.63) is 35.1 Å². The van der Waals surface area contributed by atoms with E-state index in [9.17, 15) is 14.0 Å². The molecule has 1 unspecified atom stereocenters. The molecule has 1 aliphatic rings. The minimum atomic E-state index is -0.408. The first-order valence-corrected chi connectivity index (χ1v) is 9.29. The molecule has 1 aromatic carbocycles. The predicted molar refractivity (Wildman–Crippen MR) is 90.5 cm³/mol. The maximum absolute atomic E-state index is 13.4. The van der Waals surface area contributed by atoms with Gasteiger partial charge in [-0.05, 0) is 42.4 Å². The topological polar surface area (TPSA) is 49.4 Å². The van der Waals surface area contributed by atoms with E-state index in [0.717, 1.165) is 17.5 Å². The average Bonchev–Trinajstić information content (AvgIpc) is 2.94. The molecule has 23 heavy (non-hydrogen) atoms. The minimum Gasteiger partial charge on any atom is -0.350 e. The summed E-state index contributed by atoms with van der Waals surface area (Å²) in [5.74, 6) is 0.349. The van der Waals surface area contributed by atoms with E-state index >= 15 is 0 Å². The van der Waals surface area contributed by atoms with E-state index in [1.54, 1.807) is 22.7 Å². The molecule has 1 heterocycles. The van der Waals surface area contributed by atoms with E-state index < -0.39 is 6.04 Å². The number of hydrogen-bond donors (Lipinski definition) is 1. The molecule has 0 radical (unpaired) electrons. The average molecular weight is 338 g/mol. The zero-order valence-electron chi connectivity index (χ0n) is 13.6. The molecule has 0 bridgehead atoms. The zero-order chi connectivity index (χ0) is 16.8. The van der Waals surface area contributed by atoms with Crippen molar-refractivity contribution < 1.29 is 14.0 Å². The van der Waals surface area contributed by atoms with Gasteiger partial charge < -0.3 is 10.2 Å². The molecule has 0 saturated carbocycles. The Morgan fingerprint density at radius 1 is 1.43 bits per heavy atom. The molecular formula is C17H23FN2O2S. The van der Waals surface area contributed by atoms with Gasteiger partial charge >= 0.3 is 0 Å². The van der Waals surface area contributed by atoms with Gasteiger partial charge in [0.25, 0.3) is 0 Å². The maximum Gasteiger partial charge on any atom is 0.243 e. The second-order valence-electron chi connectivity index (χ2n) is 5.68. The number of thioether (sulfide) groups is 1. The SMILES string of the molecule is CCC(C(=O)NCc1ccc(F)cc1CSC)N1CCCC1=O. The van der Waals surface area contributed by atoms with Crippen LogP contribution in [0, 0.1) is 5.82 Å². The molecule has 0 aliphatic carbocycles. The van der Waals surface area contributed by atoms with Gasteiger partial charge in [-0.3, -0.25) is 9.59 Å². The van der Waals surface area contributed by atoms with Crippen LogP contribution in [0.4, 0.5) is 4.39 Å². The highest BCUT2D eigenvalue weighted by atomic mass is 32.2.